The van der Waals surface area contributed by atoms with E-state index in [0.29, 0.717) is 5.41 Å². The minimum Gasteiger partial charge on any atom is -0.381 e. The van der Waals surface area contributed by atoms with Crippen molar-refractivity contribution in [2.24, 2.45) is 5.41 Å². The van der Waals surface area contributed by atoms with Crippen molar-refractivity contribution in [2.75, 3.05) is 26.3 Å². The monoisotopic (exact) mass is 268 g/mol. The molecule has 0 aliphatic carbocycles. The van der Waals surface area contributed by atoms with Crippen molar-refractivity contribution in [3.05, 3.63) is 16.1 Å². The Hall–Kier alpha value is -0.450. The lowest BCUT2D eigenvalue weighted by molar-refractivity contribution is -0.0115. The molecular formula is C14H24N2OS. The third kappa shape index (κ3) is 3.53. The van der Waals surface area contributed by atoms with Gasteiger partial charge in [0.2, 0.25) is 0 Å². The highest BCUT2D eigenvalue weighted by molar-refractivity contribution is 7.09. The van der Waals surface area contributed by atoms with E-state index in [2.05, 4.69) is 24.1 Å². The van der Waals surface area contributed by atoms with E-state index < -0.39 is 0 Å². The second-order valence-electron chi connectivity index (χ2n) is 5.30. The predicted molar refractivity (Wildman–Crippen MR) is 76.2 cm³/mol. The van der Waals surface area contributed by atoms with Crippen LogP contribution in [-0.2, 0) is 11.2 Å². The van der Waals surface area contributed by atoms with Gasteiger partial charge in [0.25, 0.3) is 0 Å². The normalized spacial score (nSPS) is 24.3. The molecule has 1 aliphatic rings. The quantitative estimate of drug-likeness (QED) is 0.861. The molecule has 0 amide bonds. The van der Waals surface area contributed by atoms with Crippen LogP contribution in [0.1, 0.15) is 36.8 Å². The molecule has 4 heteroatoms. The highest BCUT2D eigenvalue weighted by atomic mass is 32.1. The third-order valence-electron chi connectivity index (χ3n) is 3.88. The molecule has 1 aromatic heterocycles. The lowest BCUT2D eigenvalue weighted by atomic mass is 9.78. The fourth-order valence-corrected chi connectivity index (χ4v) is 3.45. The third-order valence-corrected chi connectivity index (χ3v) is 4.88. The summed E-state index contributed by atoms with van der Waals surface area (Å²) in [6.07, 6.45) is 4.85. The fourth-order valence-electron chi connectivity index (χ4n) is 2.67. The number of aromatic nitrogens is 1. The smallest absolute Gasteiger partial charge is 0.0797 e. The average Bonchev–Trinajstić information content (AvgIpc) is 2.81. The maximum atomic E-state index is 5.73. The fraction of sp³-hybridized carbons (Fsp3) is 0.786. The molecule has 2 heterocycles. The van der Waals surface area contributed by atoms with Crippen molar-refractivity contribution >= 4 is 11.3 Å². The molecule has 0 radical (unpaired) electrons. The summed E-state index contributed by atoms with van der Waals surface area (Å²) in [6, 6.07) is 0. The SMILES string of the molecule is CCNCC1(CCc2scnc2C)CCCOC1. The first kappa shape index (κ1) is 14.0. The summed E-state index contributed by atoms with van der Waals surface area (Å²) in [5.41, 5.74) is 3.50. The van der Waals surface area contributed by atoms with Crippen LogP contribution in [0.2, 0.25) is 0 Å². The van der Waals surface area contributed by atoms with Crippen LogP contribution in [0.4, 0.5) is 0 Å². The first-order valence-electron chi connectivity index (χ1n) is 6.93. The molecule has 1 N–H and O–H groups in total. The number of thiazole rings is 1. The van der Waals surface area contributed by atoms with Gasteiger partial charge in [0, 0.05) is 23.4 Å². The summed E-state index contributed by atoms with van der Waals surface area (Å²) in [4.78, 5) is 5.78. The van der Waals surface area contributed by atoms with Gasteiger partial charge in [-0.1, -0.05) is 6.92 Å². The highest BCUT2D eigenvalue weighted by Crippen LogP contribution is 2.34. The van der Waals surface area contributed by atoms with E-state index in [4.69, 9.17) is 4.74 Å². The zero-order valence-corrected chi connectivity index (χ0v) is 12.3. The Kier molecular flexibility index (Phi) is 5.15. The van der Waals surface area contributed by atoms with E-state index in [0.717, 1.165) is 32.7 Å². The van der Waals surface area contributed by atoms with Gasteiger partial charge in [0.15, 0.2) is 0 Å². The van der Waals surface area contributed by atoms with Crippen LogP contribution in [-0.4, -0.2) is 31.3 Å². The number of hydrogen-bond acceptors (Lipinski definition) is 4. The Morgan fingerprint density at radius 3 is 3.06 bits per heavy atom. The van der Waals surface area contributed by atoms with Crippen LogP contribution in [0.15, 0.2) is 5.51 Å². The summed E-state index contributed by atoms with van der Waals surface area (Å²) in [7, 11) is 0. The second-order valence-corrected chi connectivity index (χ2v) is 6.24. The summed E-state index contributed by atoms with van der Waals surface area (Å²) in [5, 5.41) is 3.51. The van der Waals surface area contributed by atoms with E-state index in [9.17, 15) is 0 Å². The van der Waals surface area contributed by atoms with Crippen LogP contribution >= 0.6 is 11.3 Å². The number of aryl methyl sites for hydroxylation is 2. The molecule has 102 valence electrons. The Morgan fingerprint density at radius 2 is 2.44 bits per heavy atom. The molecule has 0 bridgehead atoms. The Bertz CT molecular complexity index is 358. The molecule has 1 saturated heterocycles. The van der Waals surface area contributed by atoms with Crippen molar-refractivity contribution in [1.82, 2.24) is 10.3 Å². The lowest BCUT2D eigenvalue weighted by Gasteiger charge is -2.37. The molecular weight excluding hydrogens is 244 g/mol. The van der Waals surface area contributed by atoms with Gasteiger partial charge in [-0.3, -0.25) is 0 Å². The standard InChI is InChI=1S/C14H24N2OS/c1-3-15-9-14(6-4-8-17-10-14)7-5-13-12(2)16-11-18-13/h11,15H,3-10H2,1-2H3. The number of nitrogens with one attached hydrogen (secondary N) is 1. The molecule has 3 nitrogen and oxygen atoms in total. The molecule has 2 rings (SSSR count). The number of ether oxygens (including phenoxy) is 1. The molecule has 1 aliphatic heterocycles. The molecule has 0 saturated carbocycles. The Labute approximate surface area is 114 Å². The summed E-state index contributed by atoms with van der Waals surface area (Å²) < 4.78 is 5.73. The molecule has 0 spiro atoms. The molecule has 1 fully saturated rings. The number of nitrogens with zero attached hydrogens (tertiary/aromatic N) is 1. The van der Waals surface area contributed by atoms with Gasteiger partial charge in [-0.2, -0.15) is 0 Å². The van der Waals surface area contributed by atoms with E-state index >= 15 is 0 Å². The summed E-state index contributed by atoms with van der Waals surface area (Å²) >= 11 is 1.79. The topological polar surface area (TPSA) is 34.2 Å². The average molecular weight is 268 g/mol. The van der Waals surface area contributed by atoms with Crippen LogP contribution in [0.5, 0.6) is 0 Å². The first-order valence-corrected chi connectivity index (χ1v) is 7.81. The van der Waals surface area contributed by atoms with E-state index in [1.54, 1.807) is 11.3 Å². The molecule has 1 atom stereocenters. The summed E-state index contributed by atoms with van der Waals surface area (Å²) in [6.45, 7) is 8.26. The van der Waals surface area contributed by atoms with Crippen LogP contribution in [0.25, 0.3) is 0 Å². The van der Waals surface area contributed by atoms with E-state index in [1.807, 2.05) is 5.51 Å². The Morgan fingerprint density at radius 1 is 1.56 bits per heavy atom. The minimum absolute atomic E-state index is 0.338. The Balaban J connectivity index is 1.94. The van der Waals surface area contributed by atoms with Gasteiger partial charge in [-0.15, -0.1) is 11.3 Å². The molecule has 18 heavy (non-hydrogen) atoms. The predicted octanol–water partition coefficient (Wildman–Crippen LogP) is 2.79. The maximum Gasteiger partial charge on any atom is 0.0797 e. The highest BCUT2D eigenvalue weighted by Gasteiger charge is 2.32. The molecule has 1 unspecified atom stereocenters. The van der Waals surface area contributed by atoms with E-state index in [1.165, 1.54) is 29.8 Å². The second kappa shape index (κ2) is 6.64. The van der Waals surface area contributed by atoms with Gasteiger partial charge in [-0.05, 0) is 39.2 Å². The number of hydrogen-bond donors (Lipinski definition) is 1. The van der Waals surface area contributed by atoms with Crippen molar-refractivity contribution in [2.45, 2.75) is 39.5 Å². The summed E-state index contributed by atoms with van der Waals surface area (Å²) in [5.74, 6) is 0. The van der Waals surface area contributed by atoms with Gasteiger partial charge >= 0.3 is 0 Å². The van der Waals surface area contributed by atoms with Crippen LogP contribution < -0.4 is 5.32 Å². The lowest BCUT2D eigenvalue weighted by Crippen LogP contribution is -2.41. The van der Waals surface area contributed by atoms with Crippen LogP contribution in [0.3, 0.4) is 0 Å². The molecule has 1 aromatic rings. The van der Waals surface area contributed by atoms with Crippen molar-refractivity contribution in [1.29, 1.82) is 0 Å². The minimum atomic E-state index is 0.338. The zero-order valence-electron chi connectivity index (χ0n) is 11.5. The largest absolute Gasteiger partial charge is 0.381 e. The van der Waals surface area contributed by atoms with Crippen molar-refractivity contribution in [3.63, 3.8) is 0 Å². The number of rotatable bonds is 6. The molecule has 0 aromatic carbocycles. The first-order chi connectivity index (χ1) is 8.76. The van der Waals surface area contributed by atoms with Crippen LogP contribution in [0, 0.1) is 12.3 Å². The van der Waals surface area contributed by atoms with Crippen molar-refractivity contribution < 1.29 is 4.74 Å². The van der Waals surface area contributed by atoms with Gasteiger partial charge in [0.1, 0.15) is 0 Å². The van der Waals surface area contributed by atoms with Crippen molar-refractivity contribution in [3.8, 4) is 0 Å². The van der Waals surface area contributed by atoms with Gasteiger partial charge in [-0.25, -0.2) is 4.98 Å². The van der Waals surface area contributed by atoms with Gasteiger partial charge < -0.3 is 10.1 Å². The van der Waals surface area contributed by atoms with E-state index in [-0.39, 0.29) is 0 Å². The van der Waals surface area contributed by atoms with Gasteiger partial charge in [0.05, 0.1) is 17.8 Å². The zero-order chi connectivity index (χ0) is 12.8. The maximum absolute atomic E-state index is 5.73.